The minimum atomic E-state index is 0.920. The fourth-order valence-electron chi connectivity index (χ4n) is 7.23. The number of hydrogen-bond acceptors (Lipinski definition) is 1. The van der Waals surface area contributed by atoms with Crippen molar-refractivity contribution in [2.24, 2.45) is 41.4 Å². The molecule has 0 radical (unpaired) electrons. The molecule has 19 heavy (non-hydrogen) atoms. The molecule has 1 heteroatoms. The minimum absolute atomic E-state index is 0.920. The zero-order valence-corrected chi connectivity index (χ0v) is 12.2. The topological polar surface area (TPSA) is 12.0 Å². The molecule has 0 spiro atoms. The van der Waals surface area contributed by atoms with Gasteiger partial charge in [0.25, 0.3) is 0 Å². The van der Waals surface area contributed by atoms with E-state index in [0.29, 0.717) is 0 Å². The molecular formula is C18H29N. The summed E-state index contributed by atoms with van der Waals surface area (Å²) >= 11 is 0. The predicted molar refractivity (Wildman–Crippen MR) is 77.8 cm³/mol. The van der Waals surface area contributed by atoms with Gasteiger partial charge in [-0.3, -0.25) is 0 Å². The second-order valence-corrected chi connectivity index (χ2v) is 8.60. The van der Waals surface area contributed by atoms with Crippen molar-refractivity contribution in [2.45, 2.75) is 63.8 Å². The van der Waals surface area contributed by atoms with Crippen LogP contribution in [0.25, 0.3) is 0 Å². The highest BCUT2D eigenvalue weighted by molar-refractivity contribution is 5.05. The summed E-state index contributed by atoms with van der Waals surface area (Å²) in [6.07, 6.45) is 14.1. The summed E-state index contributed by atoms with van der Waals surface area (Å²) in [6, 6.07) is 0.920. The Kier molecular flexibility index (Phi) is 2.58. The van der Waals surface area contributed by atoms with Gasteiger partial charge in [0.05, 0.1) is 0 Å². The van der Waals surface area contributed by atoms with Crippen LogP contribution in [-0.2, 0) is 0 Å². The predicted octanol–water partition coefficient (Wildman–Crippen LogP) is 3.84. The maximum Gasteiger partial charge on any atom is 0.0101 e. The normalized spacial score (nSPS) is 58.1. The van der Waals surface area contributed by atoms with Gasteiger partial charge in [0, 0.05) is 6.04 Å². The molecule has 0 heterocycles. The molecule has 0 amide bonds. The van der Waals surface area contributed by atoms with Crippen LogP contribution in [-0.4, -0.2) is 12.6 Å². The summed E-state index contributed by atoms with van der Waals surface area (Å²) in [7, 11) is 0. The van der Waals surface area contributed by atoms with Crippen LogP contribution in [0.5, 0.6) is 0 Å². The Bertz CT molecular complexity index is 365. The summed E-state index contributed by atoms with van der Waals surface area (Å²) < 4.78 is 0. The fourth-order valence-corrected chi connectivity index (χ4v) is 7.23. The van der Waals surface area contributed by atoms with Gasteiger partial charge in [-0.25, -0.2) is 0 Å². The first-order valence-electron chi connectivity index (χ1n) is 9.12. The molecule has 4 bridgehead atoms. The quantitative estimate of drug-likeness (QED) is 0.812. The zero-order valence-electron chi connectivity index (χ0n) is 12.2. The SMILES string of the molecule is C1CC2C3CC(NCC4CC5CCC4C5)C(C3)C2C1. The second-order valence-electron chi connectivity index (χ2n) is 8.60. The van der Waals surface area contributed by atoms with Crippen molar-refractivity contribution >= 4 is 0 Å². The summed E-state index contributed by atoms with van der Waals surface area (Å²) in [5.74, 6) is 7.77. The molecule has 1 N–H and O–H groups in total. The lowest BCUT2D eigenvalue weighted by atomic mass is 9.79. The van der Waals surface area contributed by atoms with E-state index in [0.717, 1.165) is 47.5 Å². The molecule has 0 saturated heterocycles. The molecule has 0 aromatic carbocycles. The summed E-state index contributed by atoms with van der Waals surface area (Å²) in [5.41, 5.74) is 0. The van der Waals surface area contributed by atoms with Crippen molar-refractivity contribution in [1.82, 2.24) is 5.32 Å². The van der Waals surface area contributed by atoms with E-state index < -0.39 is 0 Å². The Morgan fingerprint density at radius 2 is 1.68 bits per heavy atom. The van der Waals surface area contributed by atoms with E-state index in [1.165, 1.54) is 13.0 Å². The first kappa shape index (κ1) is 11.6. The van der Waals surface area contributed by atoms with Crippen LogP contribution in [0.4, 0.5) is 0 Å². The van der Waals surface area contributed by atoms with E-state index in [9.17, 15) is 0 Å². The van der Waals surface area contributed by atoms with Crippen molar-refractivity contribution in [3.63, 3.8) is 0 Å². The van der Waals surface area contributed by atoms with Gasteiger partial charge >= 0.3 is 0 Å². The molecule has 5 aliphatic rings. The molecule has 0 aromatic rings. The molecule has 106 valence electrons. The second kappa shape index (κ2) is 4.23. The van der Waals surface area contributed by atoms with Crippen molar-refractivity contribution in [2.75, 3.05) is 6.54 Å². The highest BCUT2D eigenvalue weighted by atomic mass is 15.0. The molecule has 5 aliphatic carbocycles. The third-order valence-electron chi connectivity index (χ3n) is 7.96. The third-order valence-corrected chi connectivity index (χ3v) is 7.96. The molecule has 5 fully saturated rings. The summed E-state index contributed by atoms with van der Waals surface area (Å²) in [6.45, 7) is 1.37. The van der Waals surface area contributed by atoms with Crippen LogP contribution in [0.2, 0.25) is 0 Å². The van der Waals surface area contributed by atoms with Gasteiger partial charge in [0.2, 0.25) is 0 Å². The summed E-state index contributed by atoms with van der Waals surface area (Å²) in [5, 5.41) is 4.05. The largest absolute Gasteiger partial charge is 0.313 e. The van der Waals surface area contributed by atoms with Gasteiger partial charge in [-0.1, -0.05) is 12.8 Å². The monoisotopic (exact) mass is 259 g/mol. The van der Waals surface area contributed by atoms with Gasteiger partial charge in [-0.2, -0.15) is 0 Å². The Labute approximate surface area is 117 Å². The number of hydrogen-bond donors (Lipinski definition) is 1. The lowest BCUT2D eigenvalue weighted by Crippen LogP contribution is -2.42. The Hall–Kier alpha value is -0.0400. The fraction of sp³-hybridized carbons (Fsp3) is 1.00. The molecule has 0 aliphatic heterocycles. The van der Waals surface area contributed by atoms with Gasteiger partial charge < -0.3 is 5.32 Å². The average Bonchev–Trinajstić information content (AvgIpc) is 3.16. The minimum Gasteiger partial charge on any atom is -0.313 e. The van der Waals surface area contributed by atoms with E-state index >= 15 is 0 Å². The molecule has 8 unspecified atom stereocenters. The van der Waals surface area contributed by atoms with Gasteiger partial charge in [0.15, 0.2) is 0 Å². The maximum atomic E-state index is 4.05. The van der Waals surface area contributed by atoms with E-state index in [2.05, 4.69) is 5.32 Å². The average molecular weight is 259 g/mol. The first-order chi connectivity index (χ1) is 9.38. The van der Waals surface area contributed by atoms with Crippen molar-refractivity contribution < 1.29 is 0 Å². The zero-order chi connectivity index (χ0) is 12.4. The van der Waals surface area contributed by atoms with Crippen molar-refractivity contribution in [3.05, 3.63) is 0 Å². The standard InChI is InChI=1S/C18H29N/c1-2-15-13-8-17(16(15)3-1)18(9-13)19-10-14-7-11-4-5-12(14)6-11/h11-19H,1-10H2. The van der Waals surface area contributed by atoms with Crippen LogP contribution in [0, 0.1) is 41.4 Å². The Morgan fingerprint density at radius 3 is 2.53 bits per heavy atom. The molecule has 0 aromatic heterocycles. The van der Waals surface area contributed by atoms with Crippen molar-refractivity contribution in [1.29, 1.82) is 0 Å². The van der Waals surface area contributed by atoms with Gasteiger partial charge in [0.1, 0.15) is 0 Å². The van der Waals surface area contributed by atoms with Crippen LogP contribution in [0.15, 0.2) is 0 Å². The van der Waals surface area contributed by atoms with Crippen molar-refractivity contribution in [3.8, 4) is 0 Å². The molecule has 5 saturated carbocycles. The molecule has 1 nitrogen and oxygen atoms in total. The first-order valence-corrected chi connectivity index (χ1v) is 9.12. The highest BCUT2D eigenvalue weighted by Gasteiger charge is 2.53. The number of rotatable bonds is 3. The smallest absolute Gasteiger partial charge is 0.0101 e. The van der Waals surface area contributed by atoms with E-state index in [-0.39, 0.29) is 0 Å². The van der Waals surface area contributed by atoms with E-state index in [1.54, 1.807) is 51.4 Å². The Morgan fingerprint density at radius 1 is 0.737 bits per heavy atom. The van der Waals surface area contributed by atoms with E-state index in [4.69, 9.17) is 0 Å². The van der Waals surface area contributed by atoms with Crippen LogP contribution in [0.3, 0.4) is 0 Å². The van der Waals surface area contributed by atoms with Crippen LogP contribution in [0.1, 0.15) is 57.8 Å². The van der Waals surface area contributed by atoms with E-state index in [1.807, 2.05) is 0 Å². The third kappa shape index (κ3) is 1.69. The molecule has 5 rings (SSSR count). The Balaban J connectivity index is 1.20. The lowest BCUT2D eigenvalue weighted by molar-refractivity contribution is 0.196. The van der Waals surface area contributed by atoms with Gasteiger partial charge in [-0.15, -0.1) is 0 Å². The highest BCUT2D eigenvalue weighted by Crippen LogP contribution is 2.58. The maximum absolute atomic E-state index is 4.05. The van der Waals surface area contributed by atoms with Crippen LogP contribution >= 0.6 is 0 Å². The van der Waals surface area contributed by atoms with Gasteiger partial charge in [-0.05, 0) is 92.9 Å². The van der Waals surface area contributed by atoms with Crippen LogP contribution < -0.4 is 5.32 Å². The lowest BCUT2D eigenvalue weighted by Gasteiger charge is -2.34. The number of fused-ring (bicyclic) bond motifs is 7. The molecule has 8 atom stereocenters. The molecular weight excluding hydrogens is 230 g/mol. The summed E-state index contributed by atoms with van der Waals surface area (Å²) in [4.78, 5) is 0. The number of nitrogens with one attached hydrogen (secondary N) is 1.